The summed E-state index contributed by atoms with van der Waals surface area (Å²) in [4.78, 5) is 11.6. The fraction of sp³-hybridized carbons (Fsp3) is 0.611. The molecule has 1 aromatic rings. The molecule has 3 nitrogen and oxygen atoms in total. The van der Waals surface area contributed by atoms with E-state index in [-0.39, 0.29) is 16.4 Å². The molecule has 0 radical (unpaired) electrons. The van der Waals surface area contributed by atoms with E-state index in [1.807, 2.05) is 19.1 Å². The van der Waals surface area contributed by atoms with Gasteiger partial charge < -0.3 is 9.84 Å². The molecule has 0 saturated carbocycles. The summed E-state index contributed by atoms with van der Waals surface area (Å²) in [6.07, 6.45) is 3.04. The maximum Gasteiger partial charge on any atom is 0.339 e. The van der Waals surface area contributed by atoms with Gasteiger partial charge in [-0.1, -0.05) is 34.6 Å². The number of hydrogen-bond donors (Lipinski definition) is 1. The number of carboxylic acid groups (broad SMARTS) is 1. The first-order valence-corrected chi connectivity index (χ1v) is 7.74. The Kier molecular flexibility index (Phi) is 4.05. The molecule has 116 valence electrons. The van der Waals surface area contributed by atoms with Crippen LogP contribution in [0.2, 0.25) is 0 Å². The molecular weight excluding hydrogens is 264 g/mol. The fourth-order valence-electron chi connectivity index (χ4n) is 3.09. The van der Waals surface area contributed by atoms with Gasteiger partial charge >= 0.3 is 5.97 Å². The average molecular weight is 290 g/mol. The Bertz CT molecular complexity index is 556. The Balaban J connectivity index is 2.63. The highest BCUT2D eigenvalue weighted by Crippen LogP contribution is 2.47. The smallest absolute Gasteiger partial charge is 0.339 e. The van der Waals surface area contributed by atoms with Crippen LogP contribution in [0.5, 0.6) is 5.75 Å². The van der Waals surface area contributed by atoms with Crippen molar-refractivity contribution in [1.29, 1.82) is 0 Å². The fourth-order valence-corrected chi connectivity index (χ4v) is 3.09. The second kappa shape index (κ2) is 5.36. The lowest BCUT2D eigenvalue weighted by molar-refractivity contribution is 0.0691. The van der Waals surface area contributed by atoms with Crippen LogP contribution in [-0.2, 0) is 10.8 Å². The van der Waals surface area contributed by atoms with E-state index >= 15 is 0 Å². The molecule has 0 unspecified atom stereocenters. The van der Waals surface area contributed by atoms with Crippen LogP contribution in [0.25, 0.3) is 0 Å². The molecule has 3 heteroatoms. The zero-order chi connectivity index (χ0) is 15.8. The van der Waals surface area contributed by atoms with Crippen molar-refractivity contribution in [3.63, 3.8) is 0 Å². The highest BCUT2D eigenvalue weighted by molar-refractivity contribution is 5.91. The zero-order valence-electron chi connectivity index (χ0n) is 13.7. The van der Waals surface area contributed by atoms with E-state index < -0.39 is 5.97 Å². The van der Waals surface area contributed by atoms with Gasteiger partial charge in [-0.2, -0.15) is 0 Å². The van der Waals surface area contributed by atoms with Crippen molar-refractivity contribution >= 4 is 5.97 Å². The Morgan fingerprint density at radius 2 is 1.67 bits per heavy atom. The minimum Gasteiger partial charge on any atom is -0.493 e. The van der Waals surface area contributed by atoms with Crippen molar-refractivity contribution < 1.29 is 14.6 Å². The molecule has 0 fully saturated rings. The van der Waals surface area contributed by atoms with Crippen LogP contribution >= 0.6 is 0 Å². The largest absolute Gasteiger partial charge is 0.493 e. The first-order valence-electron chi connectivity index (χ1n) is 7.74. The third kappa shape index (κ3) is 2.92. The summed E-state index contributed by atoms with van der Waals surface area (Å²) in [7, 11) is 0. The molecule has 0 saturated heterocycles. The Hall–Kier alpha value is -1.51. The van der Waals surface area contributed by atoms with Crippen molar-refractivity contribution in [2.24, 2.45) is 0 Å². The average Bonchev–Trinajstić information content (AvgIpc) is 2.41. The van der Waals surface area contributed by atoms with Gasteiger partial charge in [-0.3, -0.25) is 0 Å². The minimum absolute atomic E-state index is 0.0122. The van der Waals surface area contributed by atoms with E-state index in [4.69, 9.17) is 4.74 Å². The molecule has 0 amide bonds. The predicted molar refractivity (Wildman–Crippen MR) is 84.5 cm³/mol. The van der Waals surface area contributed by atoms with E-state index in [2.05, 4.69) is 27.7 Å². The number of carbonyl (C=O) groups is 1. The lowest BCUT2D eigenvalue weighted by Gasteiger charge is -2.42. The van der Waals surface area contributed by atoms with Crippen LogP contribution in [-0.4, -0.2) is 17.7 Å². The Labute approximate surface area is 127 Å². The van der Waals surface area contributed by atoms with Crippen LogP contribution in [0.3, 0.4) is 0 Å². The van der Waals surface area contributed by atoms with Crippen LogP contribution < -0.4 is 4.74 Å². The molecule has 1 aliphatic rings. The molecule has 1 aromatic carbocycles. The summed E-state index contributed by atoms with van der Waals surface area (Å²) in [5.41, 5.74) is 2.74. The van der Waals surface area contributed by atoms with Crippen LogP contribution in [0.1, 0.15) is 75.4 Å². The SMILES string of the molecule is CCCOc1cc2c(cc1C(=O)O)C(C)(C)CCC2(C)C. The summed E-state index contributed by atoms with van der Waals surface area (Å²) in [6, 6.07) is 3.80. The molecule has 0 atom stereocenters. The Morgan fingerprint density at radius 3 is 2.14 bits per heavy atom. The van der Waals surface area contributed by atoms with Gasteiger partial charge in [0.05, 0.1) is 6.61 Å². The monoisotopic (exact) mass is 290 g/mol. The summed E-state index contributed by atoms with van der Waals surface area (Å²) in [6.45, 7) is 11.4. The van der Waals surface area contributed by atoms with E-state index in [1.54, 1.807) is 0 Å². The van der Waals surface area contributed by atoms with Crippen LogP contribution in [0, 0.1) is 0 Å². The van der Waals surface area contributed by atoms with Gasteiger partial charge in [0.2, 0.25) is 0 Å². The van der Waals surface area contributed by atoms with E-state index in [1.165, 1.54) is 5.56 Å². The second-order valence-corrected chi connectivity index (χ2v) is 7.32. The molecule has 0 heterocycles. The lowest BCUT2D eigenvalue weighted by atomic mass is 9.63. The van der Waals surface area contributed by atoms with Gasteiger partial charge in [-0.15, -0.1) is 0 Å². The number of aromatic carboxylic acids is 1. The van der Waals surface area contributed by atoms with E-state index in [9.17, 15) is 9.90 Å². The summed E-state index contributed by atoms with van der Waals surface area (Å²) < 4.78 is 5.69. The van der Waals surface area contributed by atoms with Gasteiger partial charge in [-0.25, -0.2) is 4.79 Å². The minimum atomic E-state index is -0.914. The van der Waals surface area contributed by atoms with Gasteiger partial charge in [-0.05, 0) is 53.4 Å². The lowest BCUT2D eigenvalue weighted by Crippen LogP contribution is -2.34. The molecule has 1 N–H and O–H groups in total. The highest BCUT2D eigenvalue weighted by atomic mass is 16.5. The number of hydrogen-bond acceptors (Lipinski definition) is 2. The number of rotatable bonds is 4. The maximum atomic E-state index is 11.6. The standard InChI is InChI=1S/C18H26O3/c1-6-9-21-15-11-14-13(10-12(15)16(19)20)17(2,3)7-8-18(14,4)5/h10-11H,6-9H2,1-5H3,(H,19,20). The van der Waals surface area contributed by atoms with Gasteiger partial charge in [0.15, 0.2) is 0 Å². The van der Waals surface area contributed by atoms with Crippen molar-refractivity contribution in [1.82, 2.24) is 0 Å². The number of ether oxygens (including phenoxy) is 1. The molecule has 0 spiro atoms. The zero-order valence-corrected chi connectivity index (χ0v) is 13.7. The van der Waals surface area contributed by atoms with Crippen LogP contribution in [0.4, 0.5) is 0 Å². The molecule has 0 bridgehead atoms. The molecule has 0 aliphatic heterocycles. The van der Waals surface area contributed by atoms with Crippen LogP contribution in [0.15, 0.2) is 12.1 Å². The van der Waals surface area contributed by atoms with Gasteiger partial charge in [0.1, 0.15) is 11.3 Å². The molecule has 2 rings (SSSR count). The molecule has 21 heavy (non-hydrogen) atoms. The molecular formula is C18H26O3. The molecule has 1 aliphatic carbocycles. The number of benzene rings is 1. The third-order valence-electron chi connectivity index (χ3n) is 4.65. The van der Waals surface area contributed by atoms with E-state index in [0.29, 0.717) is 12.4 Å². The van der Waals surface area contributed by atoms with Crippen molar-refractivity contribution in [3.8, 4) is 5.75 Å². The number of fused-ring (bicyclic) bond motifs is 1. The maximum absolute atomic E-state index is 11.6. The Morgan fingerprint density at radius 1 is 1.14 bits per heavy atom. The topological polar surface area (TPSA) is 46.5 Å². The molecule has 0 aromatic heterocycles. The second-order valence-electron chi connectivity index (χ2n) is 7.32. The quantitative estimate of drug-likeness (QED) is 0.886. The summed E-state index contributed by atoms with van der Waals surface area (Å²) in [5, 5.41) is 9.49. The van der Waals surface area contributed by atoms with Crippen molar-refractivity contribution in [2.45, 2.75) is 64.7 Å². The van der Waals surface area contributed by atoms with E-state index in [0.717, 1.165) is 24.8 Å². The van der Waals surface area contributed by atoms with Gasteiger partial charge in [0.25, 0.3) is 0 Å². The van der Waals surface area contributed by atoms with Crippen molar-refractivity contribution in [3.05, 3.63) is 28.8 Å². The third-order valence-corrected chi connectivity index (χ3v) is 4.65. The highest BCUT2D eigenvalue weighted by Gasteiger charge is 2.38. The summed E-state index contributed by atoms with van der Waals surface area (Å²) in [5.74, 6) is -0.406. The first-order chi connectivity index (χ1) is 9.69. The van der Waals surface area contributed by atoms with Gasteiger partial charge in [0, 0.05) is 0 Å². The number of carboxylic acids is 1. The normalized spacial score (nSPS) is 18.9. The first kappa shape index (κ1) is 15.9. The predicted octanol–water partition coefficient (Wildman–Crippen LogP) is 4.52. The van der Waals surface area contributed by atoms with Crippen molar-refractivity contribution in [2.75, 3.05) is 6.61 Å². The summed E-state index contributed by atoms with van der Waals surface area (Å²) >= 11 is 0.